The highest BCUT2D eigenvalue weighted by atomic mass is 79.9. The van der Waals surface area contributed by atoms with Crippen LogP contribution in [0.15, 0.2) is 40.9 Å². The lowest BCUT2D eigenvalue weighted by molar-refractivity contribution is 0.0940. The first-order valence-corrected chi connectivity index (χ1v) is 10.5. The zero-order chi connectivity index (χ0) is 19.5. The lowest BCUT2D eigenvalue weighted by Gasteiger charge is -2.16. The highest BCUT2D eigenvalue weighted by Gasteiger charge is 2.15. The standard InChI is InChI=1S/C18H21BrN2O4S/c1-11-5-6-14(10-16(11)21-26(4,23)24)18(22)20-12(2)13-7-8-17(25-3)15(19)9-13/h5-10,12,21H,1-4H3,(H,20,22). The lowest BCUT2D eigenvalue weighted by atomic mass is 10.1. The van der Waals surface area contributed by atoms with Crippen molar-refractivity contribution in [2.75, 3.05) is 18.1 Å². The third-order valence-corrected chi connectivity index (χ3v) is 5.03. The Hall–Kier alpha value is -2.06. The first-order valence-electron chi connectivity index (χ1n) is 7.83. The Balaban J connectivity index is 2.19. The van der Waals surface area contributed by atoms with Gasteiger partial charge in [0.25, 0.3) is 5.91 Å². The number of anilines is 1. The summed E-state index contributed by atoms with van der Waals surface area (Å²) in [5.41, 5.74) is 2.41. The van der Waals surface area contributed by atoms with Gasteiger partial charge in [0.1, 0.15) is 5.75 Å². The van der Waals surface area contributed by atoms with Gasteiger partial charge in [0, 0.05) is 5.56 Å². The Labute approximate surface area is 162 Å². The first-order chi connectivity index (χ1) is 12.1. The van der Waals surface area contributed by atoms with Crippen molar-refractivity contribution >= 4 is 37.5 Å². The molecule has 2 rings (SSSR count). The molecule has 140 valence electrons. The van der Waals surface area contributed by atoms with E-state index in [9.17, 15) is 13.2 Å². The molecular weight excluding hydrogens is 420 g/mol. The second kappa shape index (κ2) is 8.09. The van der Waals surface area contributed by atoms with Gasteiger partial charge < -0.3 is 10.1 Å². The second-order valence-corrected chi connectivity index (χ2v) is 8.60. The molecule has 6 nitrogen and oxygen atoms in total. The van der Waals surface area contributed by atoms with Crippen LogP contribution in [0.4, 0.5) is 5.69 Å². The molecule has 0 saturated carbocycles. The zero-order valence-corrected chi connectivity index (χ0v) is 17.4. The van der Waals surface area contributed by atoms with E-state index in [1.165, 1.54) is 6.07 Å². The number of carbonyl (C=O) groups excluding carboxylic acids is 1. The third kappa shape index (κ3) is 5.22. The summed E-state index contributed by atoms with van der Waals surface area (Å²) in [7, 11) is -1.83. The van der Waals surface area contributed by atoms with Crippen LogP contribution < -0.4 is 14.8 Å². The van der Waals surface area contributed by atoms with Crippen LogP contribution in [-0.4, -0.2) is 27.7 Å². The molecule has 0 saturated heterocycles. The summed E-state index contributed by atoms with van der Waals surface area (Å²) in [4.78, 5) is 12.5. The Morgan fingerprint density at radius 1 is 1.19 bits per heavy atom. The quantitative estimate of drug-likeness (QED) is 0.717. The molecule has 2 aromatic rings. The number of nitrogens with one attached hydrogen (secondary N) is 2. The van der Waals surface area contributed by atoms with Crippen LogP contribution >= 0.6 is 15.9 Å². The number of ether oxygens (including phenoxy) is 1. The van der Waals surface area contributed by atoms with Crippen LogP contribution in [-0.2, 0) is 10.0 Å². The second-order valence-electron chi connectivity index (χ2n) is 5.99. The number of halogens is 1. The van der Waals surface area contributed by atoms with E-state index in [1.54, 1.807) is 26.2 Å². The van der Waals surface area contributed by atoms with E-state index in [2.05, 4.69) is 26.0 Å². The number of hydrogen-bond donors (Lipinski definition) is 2. The summed E-state index contributed by atoms with van der Waals surface area (Å²) in [5.74, 6) is 0.420. The Kier molecular flexibility index (Phi) is 6.30. The molecule has 0 aliphatic rings. The maximum atomic E-state index is 12.5. The predicted molar refractivity (Wildman–Crippen MR) is 106 cm³/mol. The average Bonchev–Trinajstić information content (AvgIpc) is 2.55. The molecule has 2 N–H and O–H groups in total. The topological polar surface area (TPSA) is 84.5 Å². The Morgan fingerprint density at radius 3 is 2.46 bits per heavy atom. The third-order valence-electron chi connectivity index (χ3n) is 3.82. The van der Waals surface area contributed by atoms with Crippen LogP contribution in [0.3, 0.4) is 0 Å². The van der Waals surface area contributed by atoms with Crippen molar-refractivity contribution in [3.05, 3.63) is 57.6 Å². The number of aryl methyl sites for hydroxylation is 1. The summed E-state index contributed by atoms with van der Waals surface area (Å²) >= 11 is 3.43. The van der Waals surface area contributed by atoms with Crippen molar-refractivity contribution in [2.45, 2.75) is 19.9 Å². The number of sulfonamides is 1. The van der Waals surface area contributed by atoms with Gasteiger partial charge in [-0.25, -0.2) is 8.42 Å². The van der Waals surface area contributed by atoms with Crippen LogP contribution in [0.1, 0.15) is 34.5 Å². The lowest BCUT2D eigenvalue weighted by Crippen LogP contribution is -2.26. The van der Waals surface area contributed by atoms with Gasteiger partial charge in [-0.3, -0.25) is 9.52 Å². The van der Waals surface area contributed by atoms with E-state index in [4.69, 9.17) is 4.74 Å². The number of methoxy groups -OCH3 is 1. The number of carbonyl (C=O) groups is 1. The molecule has 0 fully saturated rings. The molecule has 0 bridgehead atoms. The summed E-state index contributed by atoms with van der Waals surface area (Å²) in [6, 6.07) is 10.2. The fraction of sp³-hybridized carbons (Fsp3) is 0.278. The SMILES string of the molecule is COc1ccc(C(C)NC(=O)c2ccc(C)c(NS(C)(=O)=O)c2)cc1Br. The molecule has 1 unspecified atom stereocenters. The molecule has 0 spiro atoms. The molecule has 0 radical (unpaired) electrons. The molecular formula is C18H21BrN2O4S. The van der Waals surface area contributed by atoms with E-state index in [-0.39, 0.29) is 11.9 Å². The molecule has 0 aliphatic heterocycles. The van der Waals surface area contributed by atoms with Crippen molar-refractivity contribution in [3.8, 4) is 5.75 Å². The van der Waals surface area contributed by atoms with Gasteiger partial charge in [0.05, 0.1) is 29.6 Å². The van der Waals surface area contributed by atoms with Crippen LogP contribution in [0.2, 0.25) is 0 Å². The van der Waals surface area contributed by atoms with Crippen molar-refractivity contribution in [3.63, 3.8) is 0 Å². The minimum absolute atomic E-state index is 0.239. The summed E-state index contributed by atoms with van der Waals surface area (Å²) in [6.07, 6.45) is 1.07. The van der Waals surface area contributed by atoms with Gasteiger partial charge >= 0.3 is 0 Å². The molecule has 2 aromatic carbocycles. The van der Waals surface area contributed by atoms with Crippen molar-refractivity contribution < 1.29 is 17.9 Å². The number of benzene rings is 2. The maximum absolute atomic E-state index is 12.5. The largest absolute Gasteiger partial charge is 0.496 e. The number of rotatable bonds is 6. The zero-order valence-electron chi connectivity index (χ0n) is 15.0. The average molecular weight is 441 g/mol. The van der Waals surface area contributed by atoms with Crippen molar-refractivity contribution in [2.24, 2.45) is 0 Å². The van der Waals surface area contributed by atoms with E-state index in [0.717, 1.165) is 21.9 Å². The molecule has 1 amide bonds. The van der Waals surface area contributed by atoms with E-state index >= 15 is 0 Å². The molecule has 1 atom stereocenters. The van der Waals surface area contributed by atoms with Gasteiger partial charge in [0.15, 0.2) is 0 Å². The molecule has 0 heterocycles. The maximum Gasteiger partial charge on any atom is 0.251 e. The summed E-state index contributed by atoms with van der Waals surface area (Å²) in [5, 5.41) is 2.91. The van der Waals surface area contributed by atoms with Gasteiger partial charge in [0.2, 0.25) is 10.0 Å². The van der Waals surface area contributed by atoms with Crippen LogP contribution in [0.25, 0.3) is 0 Å². The summed E-state index contributed by atoms with van der Waals surface area (Å²) in [6.45, 7) is 3.64. The molecule has 26 heavy (non-hydrogen) atoms. The minimum atomic E-state index is -3.42. The fourth-order valence-corrected chi connectivity index (χ4v) is 3.57. The normalized spacial score (nSPS) is 12.3. The molecule has 8 heteroatoms. The van der Waals surface area contributed by atoms with Gasteiger partial charge in [-0.2, -0.15) is 0 Å². The van der Waals surface area contributed by atoms with E-state index in [0.29, 0.717) is 17.0 Å². The van der Waals surface area contributed by atoms with Crippen LogP contribution in [0.5, 0.6) is 5.75 Å². The Bertz CT molecular complexity index is 929. The van der Waals surface area contributed by atoms with Crippen molar-refractivity contribution in [1.82, 2.24) is 5.32 Å². The minimum Gasteiger partial charge on any atom is -0.496 e. The monoisotopic (exact) mass is 440 g/mol. The fourth-order valence-electron chi connectivity index (χ4n) is 2.39. The molecule has 0 aromatic heterocycles. The number of hydrogen-bond acceptors (Lipinski definition) is 4. The van der Waals surface area contributed by atoms with Crippen LogP contribution in [0, 0.1) is 6.92 Å². The highest BCUT2D eigenvalue weighted by molar-refractivity contribution is 9.10. The smallest absolute Gasteiger partial charge is 0.251 e. The van der Waals surface area contributed by atoms with E-state index < -0.39 is 10.0 Å². The summed E-state index contributed by atoms with van der Waals surface area (Å²) < 4.78 is 31.3. The first kappa shape index (κ1) is 20.3. The van der Waals surface area contributed by atoms with Gasteiger partial charge in [-0.05, 0) is 65.2 Å². The highest BCUT2D eigenvalue weighted by Crippen LogP contribution is 2.28. The van der Waals surface area contributed by atoms with Gasteiger partial charge in [-0.1, -0.05) is 12.1 Å². The predicted octanol–water partition coefficient (Wildman–Crippen LogP) is 3.63. The van der Waals surface area contributed by atoms with E-state index in [1.807, 2.05) is 25.1 Å². The Morgan fingerprint density at radius 2 is 1.88 bits per heavy atom. The van der Waals surface area contributed by atoms with Crippen molar-refractivity contribution in [1.29, 1.82) is 0 Å². The number of amides is 1. The van der Waals surface area contributed by atoms with Gasteiger partial charge in [-0.15, -0.1) is 0 Å². The molecule has 0 aliphatic carbocycles.